The largest absolute Gasteiger partial charge is 0.305 e. The van der Waals surface area contributed by atoms with Gasteiger partial charge in [-0.25, -0.2) is 9.97 Å². The molecule has 10 aromatic carbocycles. The standard InChI is InChI=1S/C24H16N2.C14H12N2.C12H12N2.2C12H10N.2C11H8N.2C9H8N2.3Ir/c1-3-7-17(8-4-1)21-15-13-19-11-12-20-14-16-22(18-9-5-2-6-10-18)26-24(20)23(19)25-21;1-9-10(2)12-6-4-8-16-14(12)13-11(9)5-3-7-15-13;1-9-3-5-11(13-7-9)12-6-4-10(2)8-14-12;2*1-10-5-7-11(8-6-10)12-4-2-3-9-13-12;2*1-2-6-10(7-3-1)11-8-4-5-9-12-11;2*1-2-5-9(6-3-1)11-8-4-7-10-11;;;/h1-16H;3-8H,1-2H3;3-8H,1-2H3;2*2-7,9H,1H3;2*1-6,8-9H;2*1-5,7H,8H2;;;/q;;;4*-1;;;;;. The third kappa shape index (κ3) is 28.4. The summed E-state index contributed by atoms with van der Waals surface area (Å²) in [6.45, 7) is 14.2. The molecule has 10 aromatic heterocycles. The number of azo groups is 4. The maximum atomic E-state index is 4.95. The van der Waals surface area contributed by atoms with E-state index in [2.05, 4.69) is 199 Å². The van der Waals surface area contributed by atoms with E-state index in [1.807, 2.05) is 327 Å². The van der Waals surface area contributed by atoms with Crippen LogP contribution in [-0.2, 0) is 60.3 Å². The molecule has 17 heteroatoms. The first-order valence-electron chi connectivity index (χ1n) is 42.0. The number of aromatic nitrogens is 10. The minimum absolute atomic E-state index is 0. The number of para-hydroxylation sites is 2. The van der Waals surface area contributed by atoms with Crippen LogP contribution in [0.25, 0.3) is 123 Å². The molecule has 0 spiro atoms. The molecule has 0 amide bonds. The van der Waals surface area contributed by atoms with Crippen molar-refractivity contribution in [3.8, 4) is 78.9 Å². The quantitative estimate of drug-likeness (QED) is 0.0773. The summed E-state index contributed by atoms with van der Waals surface area (Å²) in [7, 11) is 0. The molecule has 12 heterocycles. The van der Waals surface area contributed by atoms with Gasteiger partial charge in [-0.2, -0.15) is 36.4 Å². The second kappa shape index (κ2) is 51.4. The average Bonchev–Trinajstić information content (AvgIpc) is 0.973. The van der Waals surface area contributed by atoms with Crippen LogP contribution in [-0.4, -0.2) is 72.3 Å². The van der Waals surface area contributed by atoms with Crippen molar-refractivity contribution in [3.63, 3.8) is 0 Å². The Bertz CT molecular complexity index is 6470. The van der Waals surface area contributed by atoms with E-state index in [1.54, 1.807) is 37.2 Å². The predicted octanol–water partition coefficient (Wildman–Crippen LogP) is 27.3. The average molecular weight is 2230 g/mol. The topological polar surface area (TPSA) is 160 Å². The number of aryl methyl sites for hydroxylation is 6. The summed E-state index contributed by atoms with van der Waals surface area (Å²) in [5.74, 6) is 0. The minimum Gasteiger partial charge on any atom is -0.305 e. The SMILES string of the molecule is Cc1c(C)c2cccnc2c2ncccc12.Cc1c[c-]c(-c2ccccn2)cc1.Cc1c[c-]c(-c2ccccn2)cc1.Cc1ccc(-c2ccc(C)cn2)nc1.[Ir].[Ir].[Ir].[c-]1ccccc1-c1ccccn1.[c-]1ccccc1-c1ccccn1.[c-]1ccccc1[N+]1=NC=CC1.[c-]1ccccc1[N+]1=NC=CC1.c1ccc(-c2ccc3ccc4ccc(-c5ccccc5)nc4c3n2)cc1. The Morgan fingerprint density at radius 3 is 0.878 bits per heavy atom. The smallest absolute Gasteiger partial charge is 0.193 e. The van der Waals surface area contributed by atoms with Gasteiger partial charge in [0.1, 0.15) is 11.4 Å². The van der Waals surface area contributed by atoms with Crippen LogP contribution >= 0.6 is 0 Å². The van der Waals surface area contributed by atoms with E-state index in [9.17, 15) is 0 Å². The van der Waals surface area contributed by atoms with E-state index in [0.29, 0.717) is 0 Å². The molecule has 0 saturated carbocycles. The summed E-state index contributed by atoms with van der Waals surface area (Å²) in [6, 6.07) is 135. The van der Waals surface area contributed by atoms with Crippen LogP contribution in [0.4, 0.5) is 11.4 Å². The normalized spacial score (nSPS) is 10.9. The van der Waals surface area contributed by atoms with Crippen LogP contribution in [0.2, 0.25) is 0 Å². The molecule has 14 nitrogen and oxygen atoms in total. The van der Waals surface area contributed by atoms with Crippen molar-refractivity contribution >= 4 is 55.0 Å². The second-order valence-corrected chi connectivity index (χ2v) is 29.5. The van der Waals surface area contributed by atoms with Crippen LogP contribution in [0.3, 0.4) is 0 Å². The van der Waals surface area contributed by atoms with E-state index in [0.717, 1.165) is 136 Å². The number of rotatable bonds is 9. The maximum Gasteiger partial charge on any atom is 0.193 e. The number of nitrogens with zero attached hydrogens (tertiary/aromatic N) is 14. The number of fused-ring (bicyclic) bond motifs is 6. The van der Waals surface area contributed by atoms with Crippen molar-refractivity contribution in [2.45, 2.75) is 41.5 Å². The van der Waals surface area contributed by atoms with Crippen molar-refractivity contribution in [1.82, 2.24) is 49.8 Å². The summed E-state index contributed by atoms with van der Waals surface area (Å²) in [5.41, 5.74) is 27.4. The first-order chi connectivity index (χ1) is 63.0. The molecule has 3 radical (unpaired) electrons. The van der Waals surface area contributed by atoms with Crippen molar-refractivity contribution in [2.24, 2.45) is 10.2 Å². The van der Waals surface area contributed by atoms with Crippen LogP contribution in [0.15, 0.2) is 436 Å². The Hall–Kier alpha value is -14.6. The monoisotopic (exact) mass is 2240 g/mol. The zero-order valence-electron chi connectivity index (χ0n) is 73.1. The summed E-state index contributed by atoms with van der Waals surface area (Å²) in [6.07, 6.45) is 22.2. The maximum absolute atomic E-state index is 4.95. The Kier molecular flexibility index (Phi) is 38.0. The van der Waals surface area contributed by atoms with Gasteiger partial charge in [0.05, 0.1) is 57.2 Å². The van der Waals surface area contributed by atoms with Crippen molar-refractivity contribution in [3.05, 3.63) is 496 Å². The Labute approximate surface area is 807 Å². The van der Waals surface area contributed by atoms with E-state index >= 15 is 0 Å². The molecule has 0 saturated heterocycles. The van der Waals surface area contributed by atoms with Gasteiger partial charge in [0.2, 0.25) is 0 Å². The van der Waals surface area contributed by atoms with E-state index in [1.165, 1.54) is 44.2 Å². The van der Waals surface area contributed by atoms with Gasteiger partial charge in [-0.15, -0.1) is 164 Å². The van der Waals surface area contributed by atoms with E-state index in [4.69, 9.17) is 9.97 Å². The molecule has 20 aromatic rings. The zero-order chi connectivity index (χ0) is 88.1. The van der Waals surface area contributed by atoms with Crippen molar-refractivity contribution in [2.75, 3.05) is 13.1 Å². The Balaban J connectivity index is 0.000000144. The first kappa shape index (κ1) is 97.0. The summed E-state index contributed by atoms with van der Waals surface area (Å²) in [4.78, 5) is 44.4. The van der Waals surface area contributed by atoms with Gasteiger partial charge in [0, 0.05) is 155 Å². The van der Waals surface area contributed by atoms with Crippen LogP contribution in [0.5, 0.6) is 0 Å². The van der Waals surface area contributed by atoms with E-state index in [-0.39, 0.29) is 60.3 Å². The third-order valence-electron chi connectivity index (χ3n) is 20.2. The molecular formula is C114H92Ir3N14-4. The fraction of sp³-hybridized carbons (Fsp3) is 0.0702. The number of pyridine rings is 10. The van der Waals surface area contributed by atoms with Gasteiger partial charge in [-0.3, -0.25) is 19.9 Å². The van der Waals surface area contributed by atoms with Crippen molar-refractivity contribution < 1.29 is 69.7 Å². The molecule has 131 heavy (non-hydrogen) atoms. The molecule has 0 atom stereocenters. The van der Waals surface area contributed by atoms with Gasteiger partial charge >= 0.3 is 0 Å². The summed E-state index contributed by atoms with van der Waals surface area (Å²) < 4.78 is 3.81. The molecule has 2 aliphatic rings. The molecule has 0 N–H and O–H groups in total. The predicted molar refractivity (Wildman–Crippen MR) is 518 cm³/mol. The molecule has 0 bridgehead atoms. The molecule has 2 aliphatic heterocycles. The zero-order valence-corrected chi connectivity index (χ0v) is 80.3. The Morgan fingerprint density at radius 2 is 0.573 bits per heavy atom. The summed E-state index contributed by atoms with van der Waals surface area (Å²) in [5, 5.41) is 12.9. The molecule has 0 aliphatic carbocycles. The number of hydrogen-bond donors (Lipinski definition) is 0. The van der Waals surface area contributed by atoms with Crippen LogP contribution in [0.1, 0.15) is 33.4 Å². The minimum atomic E-state index is 0. The fourth-order valence-corrected chi connectivity index (χ4v) is 13.3. The Morgan fingerprint density at radius 1 is 0.244 bits per heavy atom. The number of hydrogen-bond acceptors (Lipinski definition) is 12. The second-order valence-electron chi connectivity index (χ2n) is 29.5. The third-order valence-corrected chi connectivity index (χ3v) is 20.2. The van der Waals surface area contributed by atoms with Gasteiger partial charge in [0.15, 0.2) is 13.1 Å². The molecule has 0 unspecified atom stereocenters. The van der Waals surface area contributed by atoms with Gasteiger partial charge in [-0.1, -0.05) is 184 Å². The molecule has 0 fully saturated rings. The van der Waals surface area contributed by atoms with Crippen LogP contribution in [0, 0.1) is 77.9 Å². The van der Waals surface area contributed by atoms with Crippen LogP contribution < -0.4 is 0 Å². The molecule has 649 valence electrons. The van der Waals surface area contributed by atoms with Crippen molar-refractivity contribution in [1.29, 1.82) is 0 Å². The number of benzene rings is 10. The van der Waals surface area contributed by atoms with E-state index < -0.39 is 0 Å². The summed E-state index contributed by atoms with van der Waals surface area (Å²) >= 11 is 0. The van der Waals surface area contributed by atoms with Gasteiger partial charge in [0.25, 0.3) is 0 Å². The molecular weight excluding hydrogens is 2140 g/mol. The fourth-order valence-electron chi connectivity index (χ4n) is 13.3. The van der Waals surface area contributed by atoms with Gasteiger partial charge in [-0.05, 0) is 144 Å². The first-order valence-corrected chi connectivity index (χ1v) is 42.0. The van der Waals surface area contributed by atoms with Gasteiger partial charge < -0.3 is 19.9 Å². The molecule has 22 rings (SSSR count).